The van der Waals surface area contributed by atoms with E-state index >= 15 is 0 Å². The maximum Gasteiger partial charge on any atom is 0.169 e. The van der Waals surface area contributed by atoms with Gasteiger partial charge in [0.1, 0.15) is 11.2 Å². The van der Waals surface area contributed by atoms with E-state index in [1.165, 1.54) is 12.5 Å². The molecule has 1 unspecified atom stereocenters. The summed E-state index contributed by atoms with van der Waals surface area (Å²) in [7, 11) is -3.17. The number of hydrogen-bond donors (Lipinski definition) is 1. The maximum absolute atomic E-state index is 11.8. The van der Waals surface area contributed by atoms with E-state index in [0.29, 0.717) is 28.8 Å². The molecule has 0 spiro atoms. The summed E-state index contributed by atoms with van der Waals surface area (Å²) in [5.74, 6) is 1.87. The van der Waals surface area contributed by atoms with Crippen LogP contribution in [0.1, 0.15) is 0 Å². The Hall–Kier alpha value is -0.660. The van der Waals surface area contributed by atoms with Crippen molar-refractivity contribution >= 4 is 44.7 Å². The lowest BCUT2D eigenvalue weighted by Gasteiger charge is -2.35. The van der Waals surface area contributed by atoms with Crippen LogP contribution in [-0.2, 0) is 9.84 Å². The third-order valence-corrected chi connectivity index (χ3v) is 5.62. The van der Waals surface area contributed by atoms with Crippen LogP contribution in [0.4, 0.5) is 11.5 Å². The van der Waals surface area contributed by atoms with Crippen molar-refractivity contribution in [3.63, 3.8) is 0 Å². The highest BCUT2D eigenvalue weighted by Gasteiger charge is 2.32. The van der Waals surface area contributed by atoms with E-state index in [1.54, 1.807) is 22.7 Å². The third-order valence-electron chi connectivity index (χ3n) is 2.69. The van der Waals surface area contributed by atoms with Crippen molar-refractivity contribution in [2.45, 2.75) is 5.37 Å². The van der Waals surface area contributed by atoms with Crippen molar-refractivity contribution in [1.29, 1.82) is 0 Å². The second kappa shape index (κ2) is 5.14. The number of pyridine rings is 1. The molecular weight excluding hydrogens is 294 g/mol. The Balaban J connectivity index is 2.40. The average molecular weight is 308 g/mol. The fourth-order valence-electron chi connectivity index (χ4n) is 1.83. The number of nitrogens with zero attached hydrogens (tertiary/aromatic N) is 2. The summed E-state index contributed by atoms with van der Waals surface area (Å²) >= 11 is 7.71. The van der Waals surface area contributed by atoms with Crippen molar-refractivity contribution in [2.75, 3.05) is 34.9 Å². The SMILES string of the molecule is CS(=O)(=O)C1CSCCN1c1ncc(N)cc1Cl. The van der Waals surface area contributed by atoms with Crippen LogP contribution in [0.5, 0.6) is 0 Å². The van der Waals surface area contributed by atoms with Gasteiger partial charge in [-0.05, 0) is 6.07 Å². The molecule has 2 rings (SSSR count). The van der Waals surface area contributed by atoms with Crippen molar-refractivity contribution in [3.05, 3.63) is 17.3 Å². The molecule has 0 radical (unpaired) electrons. The van der Waals surface area contributed by atoms with Gasteiger partial charge in [-0.3, -0.25) is 0 Å². The molecule has 1 fully saturated rings. The van der Waals surface area contributed by atoms with Crippen molar-refractivity contribution in [3.8, 4) is 0 Å². The maximum atomic E-state index is 11.8. The van der Waals surface area contributed by atoms with Gasteiger partial charge in [0.25, 0.3) is 0 Å². The van der Waals surface area contributed by atoms with Crippen molar-refractivity contribution < 1.29 is 8.42 Å². The van der Waals surface area contributed by atoms with Crippen LogP contribution in [0, 0.1) is 0 Å². The number of aromatic nitrogens is 1. The lowest BCUT2D eigenvalue weighted by atomic mass is 10.3. The van der Waals surface area contributed by atoms with Crippen LogP contribution >= 0.6 is 23.4 Å². The fraction of sp³-hybridized carbons (Fsp3) is 0.500. The number of anilines is 2. The molecule has 1 aliphatic heterocycles. The van der Waals surface area contributed by atoms with Crippen LogP contribution in [0.15, 0.2) is 12.3 Å². The van der Waals surface area contributed by atoms with E-state index in [1.807, 2.05) is 0 Å². The summed E-state index contributed by atoms with van der Waals surface area (Å²) in [5.41, 5.74) is 6.05. The van der Waals surface area contributed by atoms with E-state index in [2.05, 4.69) is 4.98 Å². The molecule has 18 heavy (non-hydrogen) atoms. The van der Waals surface area contributed by atoms with E-state index in [-0.39, 0.29) is 0 Å². The number of halogens is 1. The predicted molar refractivity (Wildman–Crippen MR) is 77.0 cm³/mol. The van der Waals surface area contributed by atoms with Gasteiger partial charge >= 0.3 is 0 Å². The molecule has 1 aliphatic rings. The van der Waals surface area contributed by atoms with Crippen LogP contribution in [0.2, 0.25) is 5.02 Å². The molecule has 1 aromatic rings. The number of nitrogens with two attached hydrogens (primary N) is 1. The van der Waals surface area contributed by atoms with Gasteiger partial charge in [-0.25, -0.2) is 13.4 Å². The second-order valence-corrected chi connectivity index (χ2v) is 7.89. The molecule has 2 N–H and O–H groups in total. The topological polar surface area (TPSA) is 76.3 Å². The Bertz CT molecular complexity index is 550. The quantitative estimate of drug-likeness (QED) is 0.886. The van der Waals surface area contributed by atoms with Gasteiger partial charge in [-0.1, -0.05) is 11.6 Å². The van der Waals surface area contributed by atoms with Gasteiger partial charge < -0.3 is 10.6 Å². The van der Waals surface area contributed by atoms with Crippen molar-refractivity contribution in [2.24, 2.45) is 0 Å². The van der Waals surface area contributed by atoms with Crippen LogP contribution < -0.4 is 10.6 Å². The minimum absolute atomic E-state index is 0.385. The van der Waals surface area contributed by atoms with E-state index in [4.69, 9.17) is 17.3 Å². The Kier molecular flexibility index (Phi) is 3.93. The molecule has 5 nitrogen and oxygen atoms in total. The monoisotopic (exact) mass is 307 g/mol. The van der Waals surface area contributed by atoms with Crippen molar-refractivity contribution in [1.82, 2.24) is 4.98 Å². The fourth-order valence-corrected chi connectivity index (χ4v) is 4.94. The standard InChI is InChI=1S/C10H14ClN3O2S2/c1-18(15,16)9-6-17-3-2-14(9)10-8(11)4-7(12)5-13-10/h4-5,9H,2-3,6,12H2,1H3. The zero-order valence-electron chi connectivity index (χ0n) is 9.84. The first-order valence-electron chi connectivity index (χ1n) is 5.34. The second-order valence-electron chi connectivity index (χ2n) is 4.13. The molecule has 1 atom stereocenters. The lowest BCUT2D eigenvalue weighted by Crippen LogP contribution is -2.47. The number of sulfone groups is 1. The number of nitrogen functional groups attached to an aromatic ring is 1. The van der Waals surface area contributed by atoms with Crippen LogP contribution in [0.3, 0.4) is 0 Å². The molecule has 0 aromatic carbocycles. The van der Waals surface area contributed by atoms with Gasteiger partial charge in [0.05, 0.1) is 16.9 Å². The lowest BCUT2D eigenvalue weighted by molar-refractivity contribution is 0.583. The first-order valence-corrected chi connectivity index (χ1v) is 8.82. The van der Waals surface area contributed by atoms with E-state index < -0.39 is 15.2 Å². The van der Waals surface area contributed by atoms with Crippen LogP contribution in [0.25, 0.3) is 0 Å². The molecule has 0 bridgehead atoms. The largest absolute Gasteiger partial charge is 0.397 e. The highest BCUT2D eigenvalue weighted by molar-refractivity contribution is 8.01. The summed E-state index contributed by atoms with van der Waals surface area (Å²) in [6.45, 7) is 0.610. The first kappa shape index (κ1) is 13.8. The van der Waals surface area contributed by atoms with Gasteiger partial charge in [0, 0.05) is 24.3 Å². The molecule has 0 amide bonds. The Morgan fingerprint density at radius 1 is 1.61 bits per heavy atom. The summed E-state index contributed by atoms with van der Waals surface area (Å²) in [5, 5.41) is -0.194. The normalized spacial score (nSPS) is 21.0. The third kappa shape index (κ3) is 2.84. The number of rotatable bonds is 2. The minimum atomic E-state index is -3.17. The number of hydrogen-bond acceptors (Lipinski definition) is 6. The molecule has 1 saturated heterocycles. The number of thioether (sulfide) groups is 1. The predicted octanol–water partition coefficient (Wildman–Crippen LogP) is 1.24. The zero-order chi connectivity index (χ0) is 13.3. The molecule has 2 heterocycles. The summed E-state index contributed by atoms with van der Waals surface area (Å²) in [4.78, 5) is 5.90. The summed E-state index contributed by atoms with van der Waals surface area (Å²) < 4.78 is 23.6. The zero-order valence-corrected chi connectivity index (χ0v) is 12.2. The van der Waals surface area contributed by atoms with Gasteiger partial charge in [0.15, 0.2) is 9.84 Å². The first-order chi connectivity index (χ1) is 8.39. The Morgan fingerprint density at radius 2 is 2.33 bits per heavy atom. The summed E-state index contributed by atoms with van der Waals surface area (Å²) in [6, 6.07) is 1.59. The van der Waals surface area contributed by atoms with Gasteiger partial charge in [0.2, 0.25) is 0 Å². The molecule has 1 aromatic heterocycles. The van der Waals surface area contributed by atoms with E-state index in [9.17, 15) is 8.42 Å². The minimum Gasteiger partial charge on any atom is -0.397 e. The van der Waals surface area contributed by atoms with Crippen LogP contribution in [-0.4, -0.2) is 43.1 Å². The average Bonchev–Trinajstić information content (AvgIpc) is 2.28. The molecule has 8 heteroatoms. The highest BCUT2D eigenvalue weighted by Crippen LogP contribution is 2.31. The molecule has 100 valence electrons. The van der Waals surface area contributed by atoms with E-state index in [0.717, 1.165) is 5.75 Å². The Labute approximate surface area is 116 Å². The van der Waals surface area contributed by atoms with Gasteiger partial charge in [-0.15, -0.1) is 0 Å². The van der Waals surface area contributed by atoms with Gasteiger partial charge in [-0.2, -0.15) is 11.8 Å². The summed E-state index contributed by atoms with van der Waals surface area (Å²) in [6.07, 6.45) is 2.73. The molecule has 0 saturated carbocycles. The smallest absolute Gasteiger partial charge is 0.169 e. The molecule has 0 aliphatic carbocycles. The highest BCUT2D eigenvalue weighted by atomic mass is 35.5. The Morgan fingerprint density at radius 3 is 2.94 bits per heavy atom. The molecular formula is C10H14ClN3O2S2.